The second-order valence-corrected chi connectivity index (χ2v) is 8.24. The average molecular weight is 482 g/mol. The maximum Gasteiger partial charge on any atom is 0.268 e. The highest BCUT2D eigenvalue weighted by Gasteiger charge is 2.17. The van der Waals surface area contributed by atoms with Gasteiger partial charge in [0.2, 0.25) is 5.95 Å². The van der Waals surface area contributed by atoms with Crippen molar-refractivity contribution in [1.29, 1.82) is 0 Å². The summed E-state index contributed by atoms with van der Waals surface area (Å²) in [5.74, 6) is 0.0265. The van der Waals surface area contributed by atoms with E-state index in [9.17, 15) is 9.90 Å². The molecule has 0 saturated heterocycles. The van der Waals surface area contributed by atoms with Crippen LogP contribution in [0.2, 0.25) is 10.0 Å². The zero-order valence-electron chi connectivity index (χ0n) is 17.6. The summed E-state index contributed by atoms with van der Waals surface area (Å²) in [6.07, 6.45) is 3.40. The fourth-order valence-electron chi connectivity index (χ4n) is 3.32. The Balaban J connectivity index is 1.54. The number of nitrogens with one attached hydrogen (secondary N) is 3. The number of nitrogens with zero attached hydrogens (tertiary/aromatic N) is 2. The molecule has 0 aliphatic carbocycles. The molecule has 168 valence electrons. The summed E-state index contributed by atoms with van der Waals surface area (Å²) in [7, 11) is 0. The molecule has 0 saturated carbocycles. The van der Waals surface area contributed by atoms with E-state index in [-0.39, 0.29) is 12.5 Å². The molecule has 0 fully saturated rings. The summed E-state index contributed by atoms with van der Waals surface area (Å²) < 4.78 is 0. The van der Waals surface area contributed by atoms with E-state index in [2.05, 4.69) is 25.6 Å². The van der Waals surface area contributed by atoms with Crippen molar-refractivity contribution in [2.75, 3.05) is 11.9 Å². The van der Waals surface area contributed by atoms with Crippen molar-refractivity contribution >= 4 is 40.7 Å². The monoisotopic (exact) mass is 481 g/mol. The van der Waals surface area contributed by atoms with Gasteiger partial charge in [-0.25, -0.2) is 9.97 Å². The number of H-pyrrole nitrogens is 1. The van der Waals surface area contributed by atoms with E-state index in [0.717, 1.165) is 16.7 Å². The van der Waals surface area contributed by atoms with E-state index in [1.807, 2.05) is 37.3 Å². The Morgan fingerprint density at radius 1 is 1.15 bits per heavy atom. The van der Waals surface area contributed by atoms with Crippen LogP contribution in [0.3, 0.4) is 0 Å². The van der Waals surface area contributed by atoms with E-state index in [1.165, 1.54) is 0 Å². The molecule has 0 bridgehead atoms. The SMILES string of the molecule is Cc1cnc(Nc2ccc(Cl)cc2Cl)nc1-c1c[nH]c(C(=O)NC(CO)c2ccccc2)c1. The van der Waals surface area contributed by atoms with Gasteiger partial charge in [0.15, 0.2) is 0 Å². The van der Waals surface area contributed by atoms with Gasteiger partial charge in [0.25, 0.3) is 5.91 Å². The number of rotatable bonds is 7. The lowest BCUT2D eigenvalue weighted by Gasteiger charge is -2.16. The molecular weight excluding hydrogens is 461 g/mol. The van der Waals surface area contributed by atoms with Gasteiger partial charge >= 0.3 is 0 Å². The van der Waals surface area contributed by atoms with Crippen molar-refractivity contribution < 1.29 is 9.90 Å². The van der Waals surface area contributed by atoms with Gasteiger partial charge in [-0.05, 0) is 42.3 Å². The molecule has 2 heterocycles. The second kappa shape index (κ2) is 10.0. The predicted molar refractivity (Wildman–Crippen MR) is 130 cm³/mol. The molecule has 4 rings (SSSR count). The average Bonchev–Trinajstić information content (AvgIpc) is 3.31. The molecule has 9 heteroatoms. The first-order valence-electron chi connectivity index (χ1n) is 10.2. The Morgan fingerprint density at radius 3 is 2.67 bits per heavy atom. The summed E-state index contributed by atoms with van der Waals surface area (Å²) in [5.41, 5.74) is 4.03. The molecule has 7 nitrogen and oxygen atoms in total. The van der Waals surface area contributed by atoms with Gasteiger partial charge in [0.05, 0.1) is 29.1 Å². The van der Waals surface area contributed by atoms with Gasteiger partial charge in [0, 0.05) is 23.0 Å². The van der Waals surface area contributed by atoms with Crippen LogP contribution >= 0.6 is 23.2 Å². The maximum atomic E-state index is 12.8. The predicted octanol–water partition coefficient (Wildman–Crippen LogP) is 5.29. The first-order valence-corrected chi connectivity index (χ1v) is 10.9. The van der Waals surface area contributed by atoms with Crippen LogP contribution in [0, 0.1) is 6.92 Å². The lowest BCUT2D eigenvalue weighted by Crippen LogP contribution is -2.30. The minimum absolute atomic E-state index is 0.212. The van der Waals surface area contributed by atoms with Crippen LogP contribution in [0.5, 0.6) is 0 Å². The number of anilines is 2. The van der Waals surface area contributed by atoms with Gasteiger partial charge in [0.1, 0.15) is 5.69 Å². The Labute approximate surface area is 200 Å². The van der Waals surface area contributed by atoms with Crippen LogP contribution in [0.4, 0.5) is 11.6 Å². The van der Waals surface area contributed by atoms with Crippen LogP contribution in [-0.4, -0.2) is 32.6 Å². The zero-order valence-corrected chi connectivity index (χ0v) is 19.2. The normalized spacial score (nSPS) is 11.8. The number of carbonyl (C=O) groups is 1. The number of aromatic nitrogens is 3. The summed E-state index contributed by atoms with van der Waals surface area (Å²) in [6, 6.07) is 15.6. The van der Waals surface area contributed by atoms with Crippen molar-refractivity contribution in [2.24, 2.45) is 0 Å². The Morgan fingerprint density at radius 2 is 1.94 bits per heavy atom. The second-order valence-electron chi connectivity index (χ2n) is 7.40. The quantitative estimate of drug-likeness (QED) is 0.287. The third-order valence-electron chi connectivity index (χ3n) is 5.04. The highest BCUT2D eigenvalue weighted by molar-refractivity contribution is 6.36. The third-order valence-corrected chi connectivity index (χ3v) is 5.59. The largest absolute Gasteiger partial charge is 0.394 e. The zero-order chi connectivity index (χ0) is 23.4. The molecule has 1 atom stereocenters. The molecule has 0 spiro atoms. The number of hydrogen-bond acceptors (Lipinski definition) is 5. The molecular formula is C24H21Cl2N5O2. The number of amides is 1. The summed E-state index contributed by atoms with van der Waals surface area (Å²) in [6.45, 7) is 1.68. The lowest BCUT2D eigenvalue weighted by atomic mass is 10.1. The Bertz CT molecular complexity index is 1280. The van der Waals surface area contributed by atoms with Gasteiger partial charge < -0.3 is 20.7 Å². The molecule has 1 unspecified atom stereocenters. The van der Waals surface area contributed by atoms with Crippen LogP contribution < -0.4 is 10.6 Å². The minimum Gasteiger partial charge on any atom is -0.394 e. The Hall–Kier alpha value is -3.39. The minimum atomic E-state index is -0.508. The van der Waals surface area contributed by atoms with Gasteiger partial charge in [-0.2, -0.15) is 0 Å². The third kappa shape index (κ3) is 5.34. The number of aliphatic hydroxyl groups is 1. The smallest absolute Gasteiger partial charge is 0.268 e. The van der Waals surface area contributed by atoms with Gasteiger partial charge in [-0.3, -0.25) is 4.79 Å². The topological polar surface area (TPSA) is 103 Å². The summed E-state index contributed by atoms with van der Waals surface area (Å²) in [5, 5.41) is 16.6. The maximum absolute atomic E-state index is 12.8. The van der Waals surface area contributed by atoms with E-state index < -0.39 is 6.04 Å². The van der Waals surface area contributed by atoms with Crippen molar-refractivity contribution in [2.45, 2.75) is 13.0 Å². The van der Waals surface area contributed by atoms with Crippen LogP contribution in [-0.2, 0) is 0 Å². The standard InChI is InChI=1S/C24H21Cl2N5O2/c1-14-11-28-24(30-19-8-7-17(25)10-18(19)26)31-22(14)16-9-20(27-12-16)23(33)29-21(13-32)15-5-3-2-4-6-15/h2-12,21,27,32H,13H2,1H3,(H,29,33)(H,28,30,31). The summed E-state index contributed by atoms with van der Waals surface area (Å²) in [4.78, 5) is 24.7. The first kappa shape index (κ1) is 22.8. The van der Waals surface area contributed by atoms with Gasteiger partial charge in [-0.15, -0.1) is 0 Å². The van der Waals surface area contributed by atoms with Crippen molar-refractivity contribution in [1.82, 2.24) is 20.3 Å². The molecule has 0 aliphatic heterocycles. The fourth-order valence-corrected chi connectivity index (χ4v) is 3.78. The van der Waals surface area contributed by atoms with E-state index in [1.54, 1.807) is 36.7 Å². The number of aryl methyl sites for hydroxylation is 1. The van der Waals surface area contributed by atoms with E-state index in [0.29, 0.717) is 33.1 Å². The molecule has 2 aromatic carbocycles. The number of aliphatic hydroxyl groups excluding tert-OH is 1. The fraction of sp³-hybridized carbons (Fsp3) is 0.125. The number of aromatic amines is 1. The highest BCUT2D eigenvalue weighted by atomic mass is 35.5. The van der Waals surface area contributed by atoms with Crippen molar-refractivity contribution in [3.8, 4) is 11.3 Å². The van der Waals surface area contributed by atoms with Crippen LogP contribution in [0.1, 0.15) is 27.7 Å². The Kier molecular flexibility index (Phi) is 6.93. The molecule has 0 radical (unpaired) electrons. The molecule has 33 heavy (non-hydrogen) atoms. The number of carbonyl (C=O) groups excluding carboxylic acids is 1. The van der Waals surface area contributed by atoms with Crippen LogP contribution in [0.15, 0.2) is 67.0 Å². The molecule has 2 aromatic heterocycles. The molecule has 0 aliphatic rings. The van der Waals surface area contributed by atoms with Crippen LogP contribution in [0.25, 0.3) is 11.3 Å². The molecule has 4 N–H and O–H groups in total. The van der Waals surface area contributed by atoms with Crippen molar-refractivity contribution in [3.05, 3.63) is 93.9 Å². The van der Waals surface area contributed by atoms with Gasteiger partial charge in [-0.1, -0.05) is 53.5 Å². The van der Waals surface area contributed by atoms with Crippen molar-refractivity contribution in [3.63, 3.8) is 0 Å². The van der Waals surface area contributed by atoms with E-state index in [4.69, 9.17) is 23.2 Å². The molecule has 4 aromatic rings. The van der Waals surface area contributed by atoms with E-state index >= 15 is 0 Å². The number of halogens is 2. The first-order chi connectivity index (χ1) is 15.9. The summed E-state index contributed by atoms with van der Waals surface area (Å²) >= 11 is 12.2. The molecule has 1 amide bonds. The number of hydrogen-bond donors (Lipinski definition) is 4. The lowest BCUT2D eigenvalue weighted by molar-refractivity contribution is 0.0912. The highest BCUT2D eigenvalue weighted by Crippen LogP contribution is 2.29. The number of benzene rings is 2.